The van der Waals surface area contributed by atoms with Crippen molar-refractivity contribution in [3.05, 3.63) is 53.7 Å². The van der Waals surface area contributed by atoms with E-state index >= 15 is 0 Å². The number of para-hydroxylation sites is 1. The highest BCUT2D eigenvalue weighted by atomic mass is 127. The molecular weight excluding hydrogens is 515 g/mol. The lowest BCUT2D eigenvalue weighted by Gasteiger charge is -2.34. The van der Waals surface area contributed by atoms with Crippen LogP contribution in [0.15, 0.2) is 47.6 Å². The molecule has 8 heteroatoms. The number of aromatic nitrogens is 1. The molecule has 0 spiro atoms. The number of piperazine rings is 1. The van der Waals surface area contributed by atoms with Crippen molar-refractivity contribution in [2.24, 2.45) is 4.99 Å². The van der Waals surface area contributed by atoms with E-state index in [4.69, 9.17) is 9.73 Å². The molecule has 1 aromatic carbocycles. The van der Waals surface area contributed by atoms with Crippen molar-refractivity contribution in [2.45, 2.75) is 32.9 Å². The maximum atomic E-state index is 6.02. The van der Waals surface area contributed by atoms with Crippen molar-refractivity contribution in [1.82, 2.24) is 20.5 Å². The van der Waals surface area contributed by atoms with E-state index in [1.165, 1.54) is 5.56 Å². The van der Waals surface area contributed by atoms with Gasteiger partial charge in [-0.25, -0.2) is 9.98 Å². The van der Waals surface area contributed by atoms with Gasteiger partial charge in [0.15, 0.2) is 5.96 Å². The third-order valence-electron chi connectivity index (χ3n) is 5.93. The quantitative estimate of drug-likeness (QED) is 0.314. The van der Waals surface area contributed by atoms with Gasteiger partial charge in [0.2, 0.25) is 0 Å². The van der Waals surface area contributed by atoms with Crippen LogP contribution in [0.4, 0.5) is 5.82 Å². The van der Waals surface area contributed by atoms with Crippen LogP contribution >= 0.6 is 24.0 Å². The van der Waals surface area contributed by atoms with E-state index in [1.807, 2.05) is 18.3 Å². The molecule has 7 nitrogen and oxygen atoms in total. The molecule has 0 amide bonds. The third-order valence-corrected chi connectivity index (χ3v) is 5.93. The Labute approximate surface area is 208 Å². The maximum Gasteiger partial charge on any atom is 0.191 e. The first-order valence-corrected chi connectivity index (χ1v) is 11.4. The van der Waals surface area contributed by atoms with E-state index in [0.717, 1.165) is 75.3 Å². The smallest absolute Gasteiger partial charge is 0.191 e. The number of pyridine rings is 1. The second-order valence-corrected chi connectivity index (χ2v) is 8.07. The highest BCUT2D eigenvalue weighted by Crippen LogP contribution is 2.27. The molecule has 2 aromatic rings. The largest absolute Gasteiger partial charge is 0.488 e. The number of halogens is 1. The Morgan fingerprint density at radius 2 is 1.91 bits per heavy atom. The molecule has 0 aliphatic carbocycles. The Balaban J connectivity index is 0.00000289. The van der Waals surface area contributed by atoms with Gasteiger partial charge >= 0.3 is 0 Å². The van der Waals surface area contributed by atoms with Crippen LogP contribution in [0.25, 0.3) is 0 Å². The number of guanidine groups is 1. The zero-order chi connectivity index (χ0) is 21.5. The Kier molecular flexibility index (Phi) is 9.40. The fourth-order valence-electron chi connectivity index (χ4n) is 4.08. The van der Waals surface area contributed by atoms with Crippen molar-refractivity contribution in [2.75, 3.05) is 50.7 Å². The number of nitrogens with zero attached hydrogens (tertiary/aromatic N) is 4. The molecule has 0 bridgehead atoms. The Hall–Kier alpha value is -2.07. The predicted octanol–water partition coefficient (Wildman–Crippen LogP) is 2.90. The molecule has 2 aliphatic rings. The van der Waals surface area contributed by atoms with E-state index in [-0.39, 0.29) is 30.1 Å². The molecule has 1 saturated heterocycles. The van der Waals surface area contributed by atoms with Crippen LogP contribution in [0.2, 0.25) is 0 Å². The zero-order valence-corrected chi connectivity index (χ0v) is 21.4. The van der Waals surface area contributed by atoms with Crippen LogP contribution in [0.3, 0.4) is 0 Å². The number of likely N-dealkylation sites (N-methyl/N-ethyl adjacent to an activating group) is 1. The first kappa shape index (κ1) is 24.6. The minimum Gasteiger partial charge on any atom is -0.488 e. The number of hydrogen-bond donors (Lipinski definition) is 2. The lowest BCUT2D eigenvalue weighted by molar-refractivity contribution is 0.235. The third kappa shape index (κ3) is 6.48. The van der Waals surface area contributed by atoms with Crippen LogP contribution < -0.4 is 20.3 Å². The average Bonchev–Trinajstić information content (AvgIpc) is 3.24. The van der Waals surface area contributed by atoms with Crippen LogP contribution in [-0.2, 0) is 13.0 Å². The van der Waals surface area contributed by atoms with Crippen molar-refractivity contribution < 1.29 is 4.74 Å². The van der Waals surface area contributed by atoms with Gasteiger partial charge in [-0.1, -0.05) is 31.2 Å². The molecule has 2 N–H and O–H groups in total. The molecule has 3 heterocycles. The monoisotopic (exact) mass is 550 g/mol. The van der Waals surface area contributed by atoms with Crippen LogP contribution in [0, 0.1) is 0 Å². The Morgan fingerprint density at radius 1 is 1.09 bits per heavy atom. The summed E-state index contributed by atoms with van der Waals surface area (Å²) >= 11 is 0. The summed E-state index contributed by atoms with van der Waals surface area (Å²) in [5, 5.41) is 6.74. The van der Waals surface area contributed by atoms with Crippen molar-refractivity contribution >= 4 is 35.8 Å². The molecule has 2 aliphatic heterocycles. The van der Waals surface area contributed by atoms with Crippen molar-refractivity contribution in [3.8, 4) is 5.75 Å². The molecular formula is C24H35IN6O. The van der Waals surface area contributed by atoms with Gasteiger partial charge in [0.1, 0.15) is 17.7 Å². The minimum atomic E-state index is 0. The zero-order valence-electron chi connectivity index (χ0n) is 19.1. The van der Waals surface area contributed by atoms with Gasteiger partial charge in [-0.2, -0.15) is 0 Å². The maximum absolute atomic E-state index is 6.02. The summed E-state index contributed by atoms with van der Waals surface area (Å²) in [6, 6.07) is 12.5. The number of nitrogens with one attached hydrogen (secondary N) is 2. The topological polar surface area (TPSA) is 65.0 Å². The van der Waals surface area contributed by atoms with Gasteiger partial charge in [-0.05, 0) is 36.7 Å². The summed E-state index contributed by atoms with van der Waals surface area (Å²) < 4.78 is 6.02. The van der Waals surface area contributed by atoms with E-state index in [0.29, 0.717) is 6.54 Å². The number of anilines is 1. The van der Waals surface area contributed by atoms with Crippen LogP contribution in [-0.4, -0.2) is 67.8 Å². The average molecular weight is 550 g/mol. The molecule has 174 valence electrons. The van der Waals surface area contributed by atoms with Gasteiger partial charge in [0.25, 0.3) is 0 Å². The normalized spacial score (nSPS) is 18.5. The highest BCUT2D eigenvalue weighted by molar-refractivity contribution is 14.0. The first-order chi connectivity index (χ1) is 15.2. The number of ether oxygens (including phenoxy) is 1. The number of hydrogen-bond acceptors (Lipinski definition) is 5. The predicted molar refractivity (Wildman–Crippen MR) is 141 cm³/mol. The Bertz CT molecular complexity index is 842. The summed E-state index contributed by atoms with van der Waals surface area (Å²) in [7, 11) is 0. The lowest BCUT2D eigenvalue weighted by atomic mass is 10.1. The van der Waals surface area contributed by atoms with Gasteiger partial charge in [0.05, 0.1) is 13.1 Å². The number of rotatable bonds is 7. The fraction of sp³-hybridized carbons (Fsp3) is 0.500. The molecule has 1 unspecified atom stereocenters. The second-order valence-electron chi connectivity index (χ2n) is 8.07. The van der Waals surface area contributed by atoms with Crippen LogP contribution in [0.1, 0.15) is 25.0 Å². The molecule has 0 radical (unpaired) electrons. The fourth-order valence-corrected chi connectivity index (χ4v) is 4.08. The summed E-state index contributed by atoms with van der Waals surface area (Å²) in [5.74, 6) is 2.87. The van der Waals surface area contributed by atoms with Gasteiger partial charge in [-0.3, -0.25) is 0 Å². The molecule has 1 fully saturated rings. The van der Waals surface area contributed by atoms with E-state index < -0.39 is 0 Å². The van der Waals surface area contributed by atoms with E-state index in [2.05, 4.69) is 63.5 Å². The summed E-state index contributed by atoms with van der Waals surface area (Å²) in [5.41, 5.74) is 2.39. The van der Waals surface area contributed by atoms with Gasteiger partial charge in [0, 0.05) is 45.3 Å². The standard InChI is InChI=1S/C24H34N6O.HI/c1-3-25-24(28-18-21-15-20-7-5-6-8-22(20)31-21)27-17-19-9-10-23(26-16-19)30-13-11-29(4-2)12-14-30;/h5-10,16,21H,3-4,11-15,17-18H2,1-2H3,(H2,25,27,28);1H. The first-order valence-electron chi connectivity index (χ1n) is 11.4. The van der Waals surface area contributed by atoms with Crippen LogP contribution in [0.5, 0.6) is 5.75 Å². The van der Waals surface area contributed by atoms with Crippen molar-refractivity contribution in [1.29, 1.82) is 0 Å². The van der Waals surface area contributed by atoms with Gasteiger partial charge < -0.3 is 25.2 Å². The number of aliphatic imine (C=N–C) groups is 1. The van der Waals surface area contributed by atoms with Gasteiger partial charge in [-0.15, -0.1) is 24.0 Å². The Morgan fingerprint density at radius 3 is 2.59 bits per heavy atom. The summed E-state index contributed by atoms with van der Waals surface area (Å²) in [6.07, 6.45) is 3.02. The summed E-state index contributed by atoms with van der Waals surface area (Å²) in [6.45, 7) is 11.9. The number of fused-ring (bicyclic) bond motifs is 1. The molecule has 32 heavy (non-hydrogen) atoms. The lowest BCUT2D eigenvalue weighted by Crippen LogP contribution is -2.46. The summed E-state index contributed by atoms with van der Waals surface area (Å²) in [4.78, 5) is 14.3. The molecule has 1 aromatic heterocycles. The van der Waals surface area contributed by atoms with E-state index in [1.54, 1.807) is 0 Å². The second kappa shape index (κ2) is 12.2. The number of benzene rings is 1. The highest BCUT2D eigenvalue weighted by Gasteiger charge is 2.22. The molecule has 1 atom stereocenters. The molecule has 0 saturated carbocycles. The van der Waals surface area contributed by atoms with Crippen molar-refractivity contribution in [3.63, 3.8) is 0 Å². The SMILES string of the molecule is CCNC(=NCc1ccc(N2CCN(CC)CC2)nc1)NCC1Cc2ccccc2O1.I. The van der Waals surface area contributed by atoms with E-state index in [9.17, 15) is 0 Å². The molecule has 4 rings (SSSR count). The minimum absolute atomic E-state index is 0.